The molecule has 1 heterocycles. The van der Waals surface area contributed by atoms with Gasteiger partial charge in [-0.25, -0.2) is 0 Å². The molecule has 0 spiro atoms. The highest BCUT2D eigenvalue weighted by molar-refractivity contribution is 6.32. The number of H-pyrrole nitrogens is 1. The second-order valence-corrected chi connectivity index (χ2v) is 3.95. The maximum Gasteiger partial charge on any atom is 0.252 e. The Bertz CT molecular complexity index is 546. The second kappa shape index (κ2) is 4.02. The largest absolute Gasteiger partial charge is 0.507 e. The first-order valence-corrected chi connectivity index (χ1v) is 5.14. The molecule has 0 aliphatic rings. The molecule has 0 aliphatic carbocycles. The molecule has 2 rings (SSSR count). The van der Waals surface area contributed by atoms with E-state index in [9.17, 15) is 9.90 Å². The van der Waals surface area contributed by atoms with E-state index in [0.29, 0.717) is 5.56 Å². The van der Waals surface area contributed by atoms with Gasteiger partial charge < -0.3 is 10.1 Å². The van der Waals surface area contributed by atoms with Crippen molar-refractivity contribution in [3.05, 3.63) is 51.4 Å². The van der Waals surface area contributed by atoms with Crippen molar-refractivity contribution in [1.82, 2.24) is 4.98 Å². The lowest BCUT2D eigenvalue weighted by Crippen LogP contribution is -2.04. The van der Waals surface area contributed by atoms with E-state index in [-0.39, 0.29) is 10.9 Å². The van der Waals surface area contributed by atoms with Gasteiger partial charge in [0.15, 0.2) is 0 Å². The molecular formula is C12H10ClNO2. The highest BCUT2D eigenvalue weighted by Crippen LogP contribution is 2.32. The van der Waals surface area contributed by atoms with Crippen molar-refractivity contribution in [2.75, 3.05) is 0 Å². The van der Waals surface area contributed by atoms with Crippen molar-refractivity contribution in [2.45, 2.75) is 6.92 Å². The summed E-state index contributed by atoms with van der Waals surface area (Å²) in [6, 6.07) is 8.62. The summed E-state index contributed by atoms with van der Waals surface area (Å²) >= 11 is 5.89. The average molecular weight is 236 g/mol. The van der Waals surface area contributed by atoms with Crippen LogP contribution in [-0.4, -0.2) is 10.1 Å². The number of rotatable bonds is 1. The minimum absolute atomic E-state index is 0.113. The molecule has 82 valence electrons. The molecule has 2 N–H and O–H groups in total. The van der Waals surface area contributed by atoms with Crippen LogP contribution in [0.3, 0.4) is 0 Å². The smallest absolute Gasteiger partial charge is 0.252 e. The summed E-state index contributed by atoms with van der Waals surface area (Å²) in [6.45, 7) is 1.97. The number of halogens is 1. The van der Waals surface area contributed by atoms with Crippen LogP contribution in [0, 0.1) is 6.92 Å². The van der Waals surface area contributed by atoms with Crippen LogP contribution in [0.1, 0.15) is 5.56 Å². The van der Waals surface area contributed by atoms with E-state index in [0.717, 1.165) is 17.2 Å². The third-order valence-electron chi connectivity index (χ3n) is 2.32. The monoisotopic (exact) mass is 235 g/mol. The van der Waals surface area contributed by atoms with Gasteiger partial charge in [-0.05, 0) is 12.5 Å². The van der Waals surface area contributed by atoms with Gasteiger partial charge in [-0.1, -0.05) is 41.4 Å². The molecule has 3 nitrogen and oxygen atoms in total. The topological polar surface area (TPSA) is 53.1 Å². The molecule has 4 heteroatoms. The lowest BCUT2D eigenvalue weighted by atomic mass is 10.1. The summed E-state index contributed by atoms with van der Waals surface area (Å²) in [5, 5.41) is 9.84. The van der Waals surface area contributed by atoms with Gasteiger partial charge >= 0.3 is 0 Å². The van der Waals surface area contributed by atoms with E-state index < -0.39 is 5.56 Å². The zero-order chi connectivity index (χ0) is 11.7. The molecule has 1 aromatic heterocycles. The fraction of sp³-hybridized carbons (Fsp3) is 0.0833. The molecule has 0 aliphatic heterocycles. The number of pyridine rings is 1. The molecule has 0 fully saturated rings. The van der Waals surface area contributed by atoms with Gasteiger partial charge in [0.1, 0.15) is 10.9 Å². The maximum absolute atomic E-state index is 11.0. The first-order valence-electron chi connectivity index (χ1n) is 4.77. The van der Waals surface area contributed by atoms with Crippen LogP contribution in [0.2, 0.25) is 5.15 Å². The van der Waals surface area contributed by atoms with E-state index in [1.807, 2.05) is 31.2 Å². The van der Waals surface area contributed by atoms with E-state index in [2.05, 4.69) is 4.98 Å². The lowest BCUT2D eigenvalue weighted by molar-refractivity contribution is 0.476. The highest BCUT2D eigenvalue weighted by atomic mass is 35.5. The molecule has 0 saturated heterocycles. The van der Waals surface area contributed by atoms with Gasteiger partial charge in [0.05, 0.1) is 5.56 Å². The molecule has 0 atom stereocenters. The van der Waals surface area contributed by atoms with E-state index >= 15 is 0 Å². The minimum atomic E-state index is -0.418. The van der Waals surface area contributed by atoms with E-state index in [1.165, 1.54) is 0 Å². The van der Waals surface area contributed by atoms with Gasteiger partial charge in [0.25, 0.3) is 5.56 Å². The van der Waals surface area contributed by atoms with Gasteiger partial charge in [-0.15, -0.1) is 0 Å². The predicted octanol–water partition coefficient (Wildman–Crippen LogP) is 2.71. The molecule has 16 heavy (non-hydrogen) atoms. The van der Waals surface area contributed by atoms with Crippen LogP contribution in [0.15, 0.2) is 35.1 Å². The Morgan fingerprint density at radius 3 is 2.44 bits per heavy atom. The first-order chi connectivity index (χ1) is 7.58. The first kappa shape index (κ1) is 10.8. The molecule has 2 aromatic rings. The second-order valence-electron chi connectivity index (χ2n) is 3.57. The number of aromatic amines is 1. The van der Waals surface area contributed by atoms with Crippen LogP contribution in [-0.2, 0) is 0 Å². The number of benzene rings is 1. The zero-order valence-corrected chi connectivity index (χ0v) is 9.38. The van der Waals surface area contributed by atoms with Crippen LogP contribution in [0.5, 0.6) is 5.75 Å². The molecule has 0 saturated carbocycles. The number of aromatic hydroxyl groups is 1. The summed E-state index contributed by atoms with van der Waals surface area (Å²) in [6.07, 6.45) is 0. The van der Waals surface area contributed by atoms with Crippen LogP contribution in [0.25, 0.3) is 11.1 Å². The normalized spacial score (nSPS) is 10.4. The van der Waals surface area contributed by atoms with E-state index in [4.69, 9.17) is 11.6 Å². The summed E-state index contributed by atoms with van der Waals surface area (Å²) in [5.74, 6) is -0.113. The molecule has 0 bridgehead atoms. The fourth-order valence-corrected chi connectivity index (χ4v) is 1.81. The van der Waals surface area contributed by atoms with Crippen LogP contribution < -0.4 is 5.56 Å². The standard InChI is InChI=1S/C12H10ClNO2/c1-7-2-4-8(5-3-7)11-9(15)6-10(16)14-12(11)13/h2-6H,1H3,(H2,14,15,16). The fourth-order valence-electron chi connectivity index (χ4n) is 1.51. The quantitative estimate of drug-likeness (QED) is 0.747. The Labute approximate surface area is 97.3 Å². The third-order valence-corrected chi connectivity index (χ3v) is 2.60. The van der Waals surface area contributed by atoms with Crippen molar-refractivity contribution >= 4 is 11.6 Å². The number of aromatic nitrogens is 1. The van der Waals surface area contributed by atoms with Crippen molar-refractivity contribution in [2.24, 2.45) is 0 Å². The van der Waals surface area contributed by atoms with Crippen molar-refractivity contribution < 1.29 is 5.11 Å². The SMILES string of the molecule is Cc1ccc(-c2c(O)cc(=O)[nH]c2Cl)cc1. The summed E-state index contributed by atoms with van der Waals surface area (Å²) in [5.41, 5.74) is 1.91. The minimum Gasteiger partial charge on any atom is -0.507 e. The van der Waals surface area contributed by atoms with E-state index in [1.54, 1.807) is 0 Å². The molecule has 0 radical (unpaired) electrons. The molecule has 0 amide bonds. The highest BCUT2D eigenvalue weighted by Gasteiger charge is 2.10. The van der Waals surface area contributed by atoms with Crippen LogP contribution in [0.4, 0.5) is 0 Å². The average Bonchev–Trinajstić information content (AvgIpc) is 2.19. The maximum atomic E-state index is 11.0. The Balaban J connectivity index is 2.64. The molecule has 1 aromatic carbocycles. The Hall–Kier alpha value is -1.74. The lowest BCUT2D eigenvalue weighted by Gasteiger charge is -2.06. The summed E-state index contributed by atoms with van der Waals surface area (Å²) in [7, 11) is 0. The van der Waals surface area contributed by atoms with Crippen molar-refractivity contribution in [3.63, 3.8) is 0 Å². The van der Waals surface area contributed by atoms with Gasteiger partial charge in [0, 0.05) is 6.07 Å². The van der Waals surface area contributed by atoms with Crippen molar-refractivity contribution in [3.8, 4) is 16.9 Å². The number of hydrogen-bond donors (Lipinski definition) is 2. The predicted molar refractivity (Wildman–Crippen MR) is 63.9 cm³/mol. The van der Waals surface area contributed by atoms with Gasteiger partial charge in [0.2, 0.25) is 0 Å². The molecule has 0 unspecified atom stereocenters. The summed E-state index contributed by atoms with van der Waals surface area (Å²) in [4.78, 5) is 13.5. The Kier molecular flexibility index (Phi) is 2.71. The van der Waals surface area contributed by atoms with Gasteiger partial charge in [-0.2, -0.15) is 0 Å². The van der Waals surface area contributed by atoms with Crippen molar-refractivity contribution in [1.29, 1.82) is 0 Å². The zero-order valence-electron chi connectivity index (χ0n) is 8.62. The number of hydrogen-bond acceptors (Lipinski definition) is 2. The number of nitrogens with one attached hydrogen (secondary N) is 1. The Morgan fingerprint density at radius 2 is 1.88 bits per heavy atom. The van der Waals surface area contributed by atoms with Crippen LogP contribution >= 0.6 is 11.6 Å². The Morgan fingerprint density at radius 1 is 1.25 bits per heavy atom. The van der Waals surface area contributed by atoms with Gasteiger partial charge in [-0.3, -0.25) is 4.79 Å². The summed E-state index contributed by atoms with van der Waals surface area (Å²) < 4.78 is 0. The number of aryl methyl sites for hydroxylation is 1. The third kappa shape index (κ3) is 1.95. The molecular weight excluding hydrogens is 226 g/mol.